The van der Waals surface area contributed by atoms with Gasteiger partial charge in [-0.05, 0) is 252 Å². The van der Waals surface area contributed by atoms with Crippen LogP contribution in [0, 0.1) is 21.7 Å². The Labute approximate surface area is 692 Å². The fourth-order valence-corrected chi connectivity index (χ4v) is 23.9. The fraction of sp³-hybridized carbons (Fsp3) is 0.447. The van der Waals surface area contributed by atoms with Crippen molar-refractivity contribution in [2.75, 3.05) is 90.2 Å². The Morgan fingerprint density at radius 2 is 0.627 bits per heavy atom. The van der Waals surface area contributed by atoms with Crippen molar-refractivity contribution in [1.29, 1.82) is 0 Å². The van der Waals surface area contributed by atoms with E-state index in [4.69, 9.17) is 0 Å². The Morgan fingerprint density at radius 1 is 0.339 bits per heavy atom. The second-order valence-corrected chi connectivity index (χ2v) is 45.0. The van der Waals surface area contributed by atoms with Gasteiger partial charge in [0, 0.05) is 207 Å². The van der Waals surface area contributed by atoms with Gasteiger partial charge >= 0.3 is 0 Å². The van der Waals surface area contributed by atoms with Gasteiger partial charge in [0.15, 0.2) is 39.3 Å². The van der Waals surface area contributed by atoms with E-state index in [1.165, 1.54) is 109 Å². The second-order valence-electron chi connectivity index (χ2n) is 36.4. The molecule has 0 amide bonds. The van der Waals surface area contributed by atoms with Gasteiger partial charge in [-0.15, -0.1) is 0 Å². The molecule has 24 heteroatoms. The number of piperidine rings is 3. The van der Waals surface area contributed by atoms with Gasteiger partial charge in [-0.1, -0.05) is 55.5 Å². The average Bonchev–Trinajstić information content (AvgIpc) is 1.49. The van der Waals surface area contributed by atoms with Gasteiger partial charge in [-0.25, -0.2) is 33.7 Å². The third-order valence-corrected chi connectivity index (χ3v) is 34.4. The lowest BCUT2D eigenvalue weighted by atomic mass is 9.92. The molecular weight excluding hydrogens is 1560 g/mol. The normalized spacial score (nSPS) is 20.0. The number of pyridine rings is 4. The molecule has 118 heavy (non-hydrogen) atoms. The number of rotatable bonds is 14. The molecule has 0 N–H and O–H groups in total. The molecule has 5 saturated carbocycles. The van der Waals surface area contributed by atoms with Crippen molar-refractivity contribution >= 4 is 86.4 Å². The zero-order chi connectivity index (χ0) is 82.5. The lowest BCUT2D eigenvalue weighted by Crippen LogP contribution is -2.36. The summed E-state index contributed by atoms with van der Waals surface area (Å²) in [6.07, 6.45) is 49.1. The number of hydrogen-bond acceptors (Lipinski definition) is 16. The molecular formula is C94H106N8O12S4. The zero-order valence-electron chi connectivity index (χ0n) is 68.8. The van der Waals surface area contributed by atoms with E-state index in [9.17, 15) is 52.8 Å². The Hall–Kier alpha value is -9.36. The molecule has 13 aliphatic rings. The highest BCUT2D eigenvalue weighted by atomic mass is 32.2. The molecule has 9 aliphatic carbocycles. The van der Waals surface area contributed by atoms with E-state index in [0.29, 0.717) is 66.9 Å². The third kappa shape index (κ3) is 15.0. The number of nitrogens with zero attached hydrogens (tertiary/aromatic N) is 8. The Balaban J connectivity index is 0.000000108. The van der Waals surface area contributed by atoms with Crippen molar-refractivity contribution in [2.45, 2.75) is 167 Å². The number of benzene rings is 4. The first-order valence-corrected chi connectivity index (χ1v) is 49.3. The first kappa shape index (κ1) is 79.7. The maximum Gasteiger partial charge on any atom is 0.254 e. The van der Waals surface area contributed by atoms with Crippen molar-refractivity contribution in [1.82, 2.24) is 18.3 Å². The average molecular weight is 1670 g/mol. The van der Waals surface area contributed by atoms with Crippen LogP contribution in [0.3, 0.4) is 0 Å². The largest absolute Gasteiger partial charge is 0.371 e. The Bertz CT molecular complexity index is 6430. The van der Waals surface area contributed by atoms with E-state index in [1.54, 1.807) is 89.8 Å². The van der Waals surface area contributed by atoms with Crippen LogP contribution in [-0.2, 0) is 93.2 Å². The van der Waals surface area contributed by atoms with Crippen LogP contribution in [0.1, 0.15) is 161 Å². The molecule has 20 nitrogen and oxygen atoms in total. The van der Waals surface area contributed by atoms with E-state index in [0.717, 1.165) is 177 Å². The monoisotopic (exact) mass is 1670 g/mol. The van der Waals surface area contributed by atoms with Gasteiger partial charge in [0.05, 0.1) is 30.6 Å². The fourth-order valence-electron chi connectivity index (χ4n) is 20.1. The molecule has 0 bridgehead atoms. The zero-order valence-corrected chi connectivity index (χ0v) is 72.0. The molecule has 0 unspecified atom stereocenters. The van der Waals surface area contributed by atoms with Crippen LogP contribution >= 0.6 is 0 Å². The van der Waals surface area contributed by atoms with Gasteiger partial charge in [0.25, 0.3) is 22.2 Å². The van der Waals surface area contributed by atoms with Gasteiger partial charge in [0.2, 0.25) is 0 Å². The molecule has 0 radical (unpaired) electrons. The highest BCUT2D eigenvalue weighted by Gasteiger charge is 2.50. The molecule has 4 saturated heterocycles. The van der Waals surface area contributed by atoms with Crippen molar-refractivity contribution in [2.24, 2.45) is 49.9 Å². The number of aryl methyl sites for hydroxylation is 4. The second kappa shape index (κ2) is 29.5. The van der Waals surface area contributed by atoms with Crippen LogP contribution < -0.4 is 41.8 Å². The number of sulfone groups is 4. The third-order valence-electron chi connectivity index (χ3n) is 28.2. The summed E-state index contributed by atoms with van der Waals surface area (Å²) in [5.41, 5.74) is 20.7. The van der Waals surface area contributed by atoms with Crippen molar-refractivity contribution in [3.05, 3.63) is 208 Å². The van der Waals surface area contributed by atoms with E-state index in [1.807, 2.05) is 110 Å². The minimum Gasteiger partial charge on any atom is -0.371 e. The highest BCUT2D eigenvalue weighted by Crippen LogP contribution is 2.58. The molecule has 8 aromatic rings. The highest BCUT2D eigenvalue weighted by molar-refractivity contribution is 7.92. The van der Waals surface area contributed by atoms with Gasteiger partial charge in [0.1, 0.15) is 0 Å². The number of aromatic nitrogens is 4. The van der Waals surface area contributed by atoms with Gasteiger partial charge < -0.3 is 37.9 Å². The van der Waals surface area contributed by atoms with Crippen LogP contribution in [0.5, 0.6) is 0 Å². The van der Waals surface area contributed by atoms with Gasteiger partial charge in [-0.2, -0.15) is 0 Å². The smallest absolute Gasteiger partial charge is 0.254 e. The number of anilines is 4. The molecule has 4 spiro atoms. The molecule has 9 fully saturated rings. The molecule has 8 heterocycles. The van der Waals surface area contributed by atoms with E-state index in [2.05, 4.69) is 19.6 Å². The maximum absolute atomic E-state index is 13.1. The van der Waals surface area contributed by atoms with Crippen LogP contribution in [0.2, 0.25) is 0 Å². The summed E-state index contributed by atoms with van der Waals surface area (Å²) in [5, 5.41) is -0.235. The quantitative estimate of drug-likeness (QED) is 0.0983. The summed E-state index contributed by atoms with van der Waals surface area (Å²) < 4.78 is 107. The molecule has 4 aliphatic heterocycles. The van der Waals surface area contributed by atoms with Crippen molar-refractivity contribution in [3.8, 4) is 44.5 Å². The summed E-state index contributed by atoms with van der Waals surface area (Å²) >= 11 is 0. The van der Waals surface area contributed by atoms with E-state index in [-0.39, 0.29) is 33.2 Å². The topological polar surface area (TPSA) is 238 Å². The Morgan fingerprint density at radius 3 is 0.949 bits per heavy atom. The minimum absolute atomic E-state index is 0.0169. The summed E-state index contributed by atoms with van der Waals surface area (Å²) in [4.78, 5) is 61.4. The first-order valence-electron chi connectivity index (χ1n) is 42.3. The van der Waals surface area contributed by atoms with Crippen LogP contribution in [-0.4, -0.2) is 128 Å². The number of hydrogen-bond donors (Lipinski definition) is 0. The molecule has 21 rings (SSSR count). The predicted octanol–water partition coefficient (Wildman–Crippen LogP) is 14.2. The molecule has 4 aromatic carbocycles. The molecule has 4 aromatic heterocycles. The molecule has 0 atom stereocenters. The van der Waals surface area contributed by atoms with E-state index < -0.39 is 39.3 Å². The maximum atomic E-state index is 13.1. The lowest BCUT2D eigenvalue weighted by molar-refractivity contribution is 0.384. The first-order chi connectivity index (χ1) is 56.3. The van der Waals surface area contributed by atoms with Gasteiger partial charge in [-0.3, -0.25) is 19.2 Å². The summed E-state index contributed by atoms with van der Waals surface area (Å²) in [6, 6.07) is 22.2. The minimum atomic E-state index is -3.33. The van der Waals surface area contributed by atoms with Crippen LogP contribution in [0.25, 0.3) is 68.8 Å². The predicted molar refractivity (Wildman–Crippen MR) is 471 cm³/mol. The number of fused-ring (bicyclic) bond motifs is 4. The van der Waals surface area contributed by atoms with Crippen LogP contribution in [0.15, 0.2) is 161 Å². The molecule has 618 valence electrons. The Kier molecular flexibility index (Phi) is 19.9. The summed E-state index contributed by atoms with van der Waals surface area (Å²) in [7, 11) is -6.17. The summed E-state index contributed by atoms with van der Waals surface area (Å²) in [5.74, 6) is 0.0733. The van der Waals surface area contributed by atoms with Crippen molar-refractivity contribution < 1.29 is 33.7 Å². The van der Waals surface area contributed by atoms with E-state index >= 15 is 0 Å². The standard InChI is InChI=1S/C25H28N2O3S.3C23H26N2O3S/c1-26-15-22(19-4-2-5-20(19)24(26)28)21-14-18(31(29,30)17-6-7-17)8-9-23(21)27-13-3-10-25(16-27)11-12-25;1-24-14-20(17-5-3-6-18(17)22(24)26)19-13-16(29(2,27)28)7-8-21(19)25-12-4-9-23(15-25)10-11-23;1-24-15-20(17-4-3-5-18(17)22(24)26)19-14-16(29(2,27)28)6-7-21(19)25-12-10-23(8-9-23)11-13-25;1-3-29(27,28)16-7-8-21(25-12-11-23(15-25)9-10-23)19(13-16)20-14-24(2)22(26)18-6-4-5-17(18)20/h2,4,8-9,14-15,17H,3,5-7,10-13,16H2,1H3;3,5,7-8,13-14H,4,6,9-12,15H2,1-2H3;3-4,6-7,14-15H,5,8-13H2,1-2H3;4-5,7-8,13-14H,3,6,9-12,15H2,1-2H3. The summed E-state index contributed by atoms with van der Waals surface area (Å²) in [6.45, 7) is 9.74. The lowest BCUT2D eigenvalue weighted by Gasteiger charge is -2.36. The number of allylic oxidation sites excluding steroid dienone is 4. The SMILES string of the molecule is CCS(=O)(=O)c1ccc(N2CCC3(CC3)C2)c(-c2cn(C)c(=O)c3c2C=CC3)c1.Cn1cc(-c2cc(S(=O)(=O)C3CC3)ccc2N2CCCC3(CC3)C2)c2c(c1=O)CC=C2.Cn1cc(-c2cc(S(C)(=O)=O)ccc2N2CCC3(CC2)CC3)c2c(c1=O)CC=C2.Cn1cc(-c2cc(S(C)(=O)=O)ccc2N2CCCC3(CC3)C2)c2c(c1=O)CC=C2. The van der Waals surface area contributed by atoms with Crippen LogP contribution in [0.4, 0.5) is 22.7 Å². The van der Waals surface area contributed by atoms with Crippen molar-refractivity contribution in [3.63, 3.8) is 0 Å².